The molecule has 4 heteroatoms. The Bertz CT molecular complexity index is 424. The molecule has 2 rings (SSSR count). The van der Waals surface area contributed by atoms with Crippen LogP contribution in [0.4, 0.5) is 0 Å². The average Bonchev–Trinajstić information content (AvgIpc) is 2.77. The van der Waals surface area contributed by atoms with Gasteiger partial charge in [-0.1, -0.05) is 6.07 Å². The van der Waals surface area contributed by atoms with Crippen molar-refractivity contribution in [2.75, 3.05) is 0 Å². The van der Waals surface area contributed by atoms with Gasteiger partial charge < -0.3 is 9.67 Å². The van der Waals surface area contributed by atoms with Crippen LogP contribution in [0.5, 0.6) is 0 Å². The Morgan fingerprint density at radius 1 is 1.40 bits per heavy atom. The van der Waals surface area contributed by atoms with Crippen molar-refractivity contribution in [1.82, 2.24) is 14.5 Å². The minimum atomic E-state index is -0.652. The van der Waals surface area contributed by atoms with Crippen molar-refractivity contribution in [3.63, 3.8) is 0 Å². The number of hydrogen-bond donors (Lipinski definition) is 1. The highest BCUT2D eigenvalue weighted by atomic mass is 16.3. The number of aliphatic hydroxyl groups is 1. The van der Waals surface area contributed by atoms with E-state index in [1.54, 1.807) is 24.9 Å². The van der Waals surface area contributed by atoms with Crippen LogP contribution in [0.25, 0.3) is 0 Å². The summed E-state index contributed by atoms with van der Waals surface area (Å²) >= 11 is 0. The van der Waals surface area contributed by atoms with Crippen molar-refractivity contribution in [2.45, 2.75) is 19.6 Å². The molecule has 0 aromatic carbocycles. The fourth-order valence-electron chi connectivity index (χ4n) is 1.53. The maximum Gasteiger partial charge on any atom is 0.122 e. The second-order valence-electron chi connectivity index (χ2n) is 3.29. The minimum absolute atomic E-state index is 0.652. The molecule has 2 aromatic rings. The second kappa shape index (κ2) is 4.23. The molecule has 0 aliphatic carbocycles. The van der Waals surface area contributed by atoms with Crippen LogP contribution in [0.3, 0.4) is 0 Å². The third-order valence-electron chi connectivity index (χ3n) is 2.37. The van der Waals surface area contributed by atoms with Crippen molar-refractivity contribution >= 4 is 0 Å². The first-order valence-electron chi connectivity index (χ1n) is 4.91. The molecule has 0 spiro atoms. The molecule has 1 atom stereocenters. The summed E-state index contributed by atoms with van der Waals surface area (Å²) in [5, 5.41) is 10.1. The van der Waals surface area contributed by atoms with Gasteiger partial charge in [-0.2, -0.15) is 0 Å². The van der Waals surface area contributed by atoms with Gasteiger partial charge in [0.25, 0.3) is 0 Å². The summed E-state index contributed by atoms with van der Waals surface area (Å²) in [4.78, 5) is 8.00. The lowest BCUT2D eigenvalue weighted by atomic mass is 10.1. The van der Waals surface area contributed by atoms with Gasteiger partial charge in [-0.05, 0) is 13.0 Å². The molecule has 2 aromatic heterocycles. The zero-order valence-electron chi connectivity index (χ0n) is 8.54. The van der Waals surface area contributed by atoms with E-state index in [2.05, 4.69) is 9.97 Å². The molecule has 0 aliphatic rings. The molecule has 0 amide bonds. The van der Waals surface area contributed by atoms with Crippen LogP contribution in [0.15, 0.2) is 37.1 Å². The topological polar surface area (TPSA) is 50.9 Å². The van der Waals surface area contributed by atoms with Crippen LogP contribution < -0.4 is 0 Å². The third-order valence-corrected chi connectivity index (χ3v) is 2.37. The predicted octanol–water partition coefficient (Wildman–Crippen LogP) is 1.38. The monoisotopic (exact) mass is 203 g/mol. The molecule has 15 heavy (non-hydrogen) atoms. The Kier molecular flexibility index (Phi) is 2.78. The number of imidazole rings is 1. The Labute approximate surface area is 88.2 Å². The molecular formula is C11H13N3O. The van der Waals surface area contributed by atoms with Gasteiger partial charge in [0, 0.05) is 24.5 Å². The number of rotatable bonds is 3. The van der Waals surface area contributed by atoms with Gasteiger partial charge in [-0.3, -0.25) is 4.98 Å². The molecule has 1 unspecified atom stereocenters. The summed E-state index contributed by atoms with van der Waals surface area (Å²) in [5.74, 6) is 0. The van der Waals surface area contributed by atoms with E-state index in [4.69, 9.17) is 0 Å². The van der Waals surface area contributed by atoms with Crippen molar-refractivity contribution in [3.05, 3.63) is 48.3 Å². The first-order valence-corrected chi connectivity index (χ1v) is 4.91. The van der Waals surface area contributed by atoms with E-state index >= 15 is 0 Å². The smallest absolute Gasteiger partial charge is 0.122 e. The first kappa shape index (κ1) is 9.86. The summed E-state index contributed by atoms with van der Waals surface area (Å²) in [6.45, 7) is 2.81. The van der Waals surface area contributed by atoms with Crippen LogP contribution in [0, 0.1) is 0 Å². The highest BCUT2D eigenvalue weighted by Crippen LogP contribution is 2.20. The van der Waals surface area contributed by atoms with Crippen molar-refractivity contribution in [2.24, 2.45) is 0 Å². The highest BCUT2D eigenvalue weighted by Gasteiger charge is 2.14. The summed E-state index contributed by atoms with van der Waals surface area (Å²) < 4.78 is 1.91. The fraction of sp³-hybridized carbons (Fsp3) is 0.273. The predicted molar refractivity (Wildman–Crippen MR) is 56.2 cm³/mol. The van der Waals surface area contributed by atoms with Gasteiger partial charge >= 0.3 is 0 Å². The molecule has 1 N–H and O–H groups in total. The van der Waals surface area contributed by atoms with E-state index in [0.29, 0.717) is 0 Å². The maximum absolute atomic E-state index is 10.1. The van der Waals surface area contributed by atoms with Gasteiger partial charge in [0.2, 0.25) is 0 Å². The van der Waals surface area contributed by atoms with Gasteiger partial charge in [0.1, 0.15) is 6.10 Å². The number of aromatic nitrogens is 3. The Morgan fingerprint density at radius 3 is 2.93 bits per heavy atom. The molecular weight excluding hydrogens is 190 g/mol. The number of aliphatic hydroxyl groups excluding tert-OH is 1. The zero-order chi connectivity index (χ0) is 10.7. The largest absolute Gasteiger partial charge is 0.382 e. The van der Waals surface area contributed by atoms with Gasteiger partial charge in [-0.15, -0.1) is 0 Å². The van der Waals surface area contributed by atoms with Crippen molar-refractivity contribution < 1.29 is 5.11 Å². The van der Waals surface area contributed by atoms with E-state index in [1.807, 2.05) is 23.6 Å². The van der Waals surface area contributed by atoms with Crippen molar-refractivity contribution in [1.29, 1.82) is 0 Å². The number of hydrogen-bond acceptors (Lipinski definition) is 3. The minimum Gasteiger partial charge on any atom is -0.382 e. The Morgan fingerprint density at radius 2 is 2.27 bits per heavy atom. The molecule has 0 saturated carbocycles. The standard InChI is InChI=1S/C11H13N3O/c1-2-14-8-13-7-10(14)11(15)9-4-3-5-12-6-9/h3-8,11,15H,2H2,1H3. The number of aryl methyl sites for hydroxylation is 1. The molecule has 0 saturated heterocycles. The van der Waals surface area contributed by atoms with Gasteiger partial charge in [-0.25, -0.2) is 4.98 Å². The maximum atomic E-state index is 10.1. The average molecular weight is 203 g/mol. The van der Waals surface area contributed by atoms with E-state index in [1.165, 1.54) is 0 Å². The lowest BCUT2D eigenvalue weighted by Gasteiger charge is -2.12. The molecule has 0 bridgehead atoms. The van der Waals surface area contributed by atoms with Gasteiger partial charge in [0.05, 0.1) is 18.2 Å². The second-order valence-corrected chi connectivity index (χ2v) is 3.29. The van der Waals surface area contributed by atoms with Crippen LogP contribution in [0.2, 0.25) is 0 Å². The molecule has 0 radical (unpaired) electrons. The Balaban J connectivity index is 2.32. The lowest BCUT2D eigenvalue weighted by molar-refractivity contribution is 0.209. The molecule has 0 fully saturated rings. The first-order chi connectivity index (χ1) is 7.33. The van der Waals surface area contributed by atoms with E-state index in [9.17, 15) is 5.11 Å². The van der Waals surface area contributed by atoms with Crippen LogP contribution in [0.1, 0.15) is 24.3 Å². The SMILES string of the molecule is CCn1cncc1C(O)c1cccnc1. The molecule has 4 nitrogen and oxygen atoms in total. The summed E-state index contributed by atoms with van der Waals surface area (Å²) in [5.41, 5.74) is 1.58. The molecule has 2 heterocycles. The van der Waals surface area contributed by atoms with E-state index in [0.717, 1.165) is 17.8 Å². The van der Waals surface area contributed by atoms with Crippen LogP contribution in [-0.4, -0.2) is 19.6 Å². The summed E-state index contributed by atoms with van der Waals surface area (Å²) in [7, 11) is 0. The van der Waals surface area contributed by atoms with E-state index < -0.39 is 6.10 Å². The van der Waals surface area contributed by atoms with Crippen molar-refractivity contribution in [3.8, 4) is 0 Å². The highest BCUT2D eigenvalue weighted by molar-refractivity contribution is 5.21. The zero-order valence-corrected chi connectivity index (χ0v) is 8.54. The molecule has 0 aliphatic heterocycles. The third kappa shape index (κ3) is 1.89. The normalized spacial score (nSPS) is 12.7. The van der Waals surface area contributed by atoms with Gasteiger partial charge in [0.15, 0.2) is 0 Å². The lowest BCUT2D eigenvalue weighted by Crippen LogP contribution is -2.07. The van der Waals surface area contributed by atoms with Crippen LogP contribution in [-0.2, 0) is 6.54 Å². The fourth-order valence-corrected chi connectivity index (χ4v) is 1.53. The van der Waals surface area contributed by atoms with Crippen LogP contribution >= 0.6 is 0 Å². The number of nitrogens with zero attached hydrogens (tertiary/aromatic N) is 3. The molecule has 78 valence electrons. The Hall–Kier alpha value is -1.68. The summed E-state index contributed by atoms with van der Waals surface area (Å²) in [6.07, 6.45) is 6.10. The van der Waals surface area contributed by atoms with E-state index in [-0.39, 0.29) is 0 Å². The quantitative estimate of drug-likeness (QED) is 0.819. The number of pyridine rings is 1. The summed E-state index contributed by atoms with van der Waals surface area (Å²) in [6, 6.07) is 3.66.